The van der Waals surface area contributed by atoms with Gasteiger partial charge in [-0.1, -0.05) is 12.1 Å². The lowest BCUT2D eigenvalue weighted by Gasteiger charge is -2.03. The van der Waals surface area contributed by atoms with Crippen LogP contribution >= 0.6 is 11.3 Å². The zero-order valence-electron chi connectivity index (χ0n) is 9.90. The van der Waals surface area contributed by atoms with E-state index in [2.05, 4.69) is 10.1 Å². The second-order valence-corrected chi connectivity index (χ2v) is 4.59. The molecule has 0 radical (unpaired) electrons. The van der Waals surface area contributed by atoms with Crippen LogP contribution in [0.3, 0.4) is 0 Å². The second kappa shape index (κ2) is 4.36. The number of aromatic carboxylic acids is 1. The molecule has 0 amide bonds. The summed E-state index contributed by atoms with van der Waals surface area (Å²) in [6.45, 7) is 0. The summed E-state index contributed by atoms with van der Waals surface area (Å²) in [7, 11) is 1.57. The van der Waals surface area contributed by atoms with Gasteiger partial charge in [-0.25, -0.2) is 4.79 Å². The Bertz CT molecular complexity index is 763. The fourth-order valence-corrected chi connectivity index (χ4v) is 2.57. The molecule has 0 aliphatic carbocycles. The molecular formula is C12H9N3O3S. The molecule has 6 nitrogen and oxygen atoms in total. The number of methoxy groups -OCH3 is 1. The van der Waals surface area contributed by atoms with Crippen LogP contribution in [-0.4, -0.2) is 32.8 Å². The summed E-state index contributed by atoms with van der Waals surface area (Å²) in [5.74, 6) is 0.0761. The van der Waals surface area contributed by atoms with Crippen LogP contribution in [0.4, 0.5) is 0 Å². The lowest BCUT2D eigenvalue weighted by Crippen LogP contribution is -2.01. The van der Waals surface area contributed by atoms with Crippen LogP contribution in [0.15, 0.2) is 29.6 Å². The molecule has 0 unspecified atom stereocenters. The Morgan fingerprint density at radius 2 is 2.21 bits per heavy atom. The number of hydrogen-bond donors (Lipinski definition) is 1. The van der Waals surface area contributed by atoms with Crippen molar-refractivity contribution in [3.05, 3.63) is 35.3 Å². The maximum Gasteiger partial charge on any atom is 0.355 e. The normalized spacial score (nSPS) is 10.8. The number of carbonyl (C=O) groups is 1. The Morgan fingerprint density at radius 3 is 2.95 bits per heavy atom. The molecular weight excluding hydrogens is 266 g/mol. The maximum atomic E-state index is 11.0. The molecule has 1 N–H and O–H groups in total. The van der Waals surface area contributed by atoms with Gasteiger partial charge < -0.3 is 9.84 Å². The maximum absolute atomic E-state index is 11.0. The van der Waals surface area contributed by atoms with Gasteiger partial charge in [0.2, 0.25) is 4.96 Å². The molecule has 0 aliphatic heterocycles. The van der Waals surface area contributed by atoms with Crippen molar-refractivity contribution in [2.45, 2.75) is 0 Å². The molecule has 0 saturated carbocycles. The van der Waals surface area contributed by atoms with Crippen molar-refractivity contribution < 1.29 is 14.6 Å². The minimum Gasteiger partial charge on any atom is -0.496 e. The summed E-state index contributed by atoms with van der Waals surface area (Å²) in [6, 6.07) is 7.34. The fourth-order valence-electron chi connectivity index (χ4n) is 1.77. The molecule has 96 valence electrons. The van der Waals surface area contributed by atoms with E-state index >= 15 is 0 Å². The quantitative estimate of drug-likeness (QED) is 0.792. The highest BCUT2D eigenvalue weighted by atomic mass is 32.1. The number of benzene rings is 1. The molecule has 3 rings (SSSR count). The standard InChI is InChI=1S/C12H9N3O3S/c1-18-9-5-3-2-4-7(9)10-13-12-15(14-10)8(6-19-12)11(16)17/h2-6H,1H3,(H,16,17). The molecule has 0 bridgehead atoms. The van der Waals surface area contributed by atoms with Gasteiger partial charge in [0.05, 0.1) is 12.7 Å². The zero-order chi connectivity index (χ0) is 13.4. The van der Waals surface area contributed by atoms with E-state index < -0.39 is 5.97 Å². The van der Waals surface area contributed by atoms with Gasteiger partial charge in [-0.05, 0) is 12.1 Å². The van der Waals surface area contributed by atoms with Gasteiger partial charge in [0, 0.05) is 5.38 Å². The van der Waals surface area contributed by atoms with Crippen molar-refractivity contribution in [2.24, 2.45) is 0 Å². The summed E-state index contributed by atoms with van der Waals surface area (Å²) >= 11 is 1.24. The topological polar surface area (TPSA) is 76.7 Å². The minimum absolute atomic E-state index is 0.105. The predicted octanol–water partition coefficient (Wildman–Crippen LogP) is 2.16. The van der Waals surface area contributed by atoms with E-state index in [0.717, 1.165) is 5.56 Å². The van der Waals surface area contributed by atoms with Gasteiger partial charge in [0.15, 0.2) is 11.5 Å². The number of nitrogens with zero attached hydrogens (tertiary/aromatic N) is 3. The Hall–Kier alpha value is -2.41. The lowest BCUT2D eigenvalue weighted by molar-refractivity contribution is 0.0688. The van der Waals surface area contributed by atoms with Crippen LogP contribution in [0, 0.1) is 0 Å². The van der Waals surface area contributed by atoms with Gasteiger partial charge >= 0.3 is 5.97 Å². The van der Waals surface area contributed by atoms with E-state index in [1.807, 2.05) is 24.3 Å². The summed E-state index contributed by atoms with van der Waals surface area (Å²) in [6.07, 6.45) is 0. The van der Waals surface area contributed by atoms with E-state index in [1.165, 1.54) is 21.2 Å². The Kier molecular flexibility index (Phi) is 2.68. The first-order chi connectivity index (χ1) is 9.20. The number of carboxylic acids is 1. The third kappa shape index (κ3) is 1.84. The molecule has 0 atom stereocenters. The molecule has 1 aromatic carbocycles. The van der Waals surface area contributed by atoms with Gasteiger partial charge in [-0.3, -0.25) is 0 Å². The van der Waals surface area contributed by atoms with Crippen molar-refractivity contribution in [2.75, 3.05) is 7.11 Å². The molecule has 3 aromatic rings. The molecule has 0 aliphatic rings. The van der Waals surface area contributed by atoms with Crippen LogP contribution in [0.2, 0.25) is 0 Å². The van der Waals surface area contributed by atoms with Gasteiger partial charge in [0.1, 0.15) is 5.75 Å². The molecule has 0 fully saturated rings. The average Bonchev–Trinajstić information content (AvgIpc) is 2.97. The van der Waals surface area contributed by atoms with E-state index in [1.54, 1.807) is 7.11 Å². The first-order valence-electron chi connectivity index (χ1n) is 5.41. The largest absolute Gasteiger partial charge is 0.496 e. The van der Waals surface area contributed by atoms with Crippen LogP contribution in [0.5, 0.6) is 5.75 Å². The molecule has 2 aromatic heterocycles. The smallest absolute Gasteiger partial charge is 0.355 e. The van der Waals surface area contributed by atoms with Crippen molar-refractivity contribution in [1.29, 1.82) is 0 Å². The first-order valence-corrected chi connectivity index (χ1v) is 6.29. The summed E-state index contributed by atoms with van der Waals surface area (Å²) in [4.78, 5) is 15.9. The van der Waals surface area contributed by atoms with Crippen molar-refractivity contribution in [3.8, 4) is 17.1 Å². The van der Waals surface area contributed by atoms with Crippen LogP contribution in [0.1, 0.15) is 10.5 Å². The van der Waals surface area contributed by atoms with Gasteiger partial charge in [-0.2, -0.15) is 9.50 Å². The number of ether oxygens (including phenoxy) is 1. The van der Waals surface area contributed by atoms with Gasteiger partial charge in [-0.15, -0.1) is 16.4 Å². The highest BCUT2D eigenvalue weighted by Gasteiger charge is 2.17. The fraction of sp³-hybridized carbons (Fsp3) is 0.0833. The first kappa shape index (κ1) is 11.7. The number of rotatable bonds is 3. The summed E-state index contributed by atoms with van der Waals surface area (Å²) in [5.41, 5.74) is 0.839. The van der Waals surface area contributed by atoms with Crippen LogP contribution in [-0.2, 0) is 0 Å². The lowest BCUT2D eigenvalue weighted by atomic mass is 10.2. The third-order valence-corrected chi connectivity index (χ3v) is 3.46. The number of thiazole rings is 1. The van der Waals surface area contributed by atoms with Crippen LogP contribution < -0.4 is 4.74 Å². The third-order valence-electron chi connectivity index (χ3n) is 2.65. The van der Waals surface area contributed by atoms with Gasteiger partial charge in [0.25, 0.3) is 0 Å². The van der Waals surface area contributed by atoms with E-state index in [4.69, 9.17) is 9.84 Å². The minimum atomic E-state index is -1.03. The second-order valence-electron chi connectivity index (χ2n) is 3.76. The Labute approximate surface area is 111 Å². The number of aromatic nitrogens is 3. The Morgan fingerprint density at radius 1 is 1.42 bits per heavy atom. The number of fused-ring (bicyclic) bond motifs is 1. The predicted molar refractivity (Wildman–Crippen MR) is 69.8 cm³/mol. The van der Waals surface area contributed by atoms with Crippen molar-refractivity contribution in [1.82, 2.24) is 14.6 Å². The Balaban J connectivity index is 2.18. The molecule has 0 saturated heterocycles. The number of carboxylic acid groups (broad SMARTS) is 1. The average molecular weight is 275 g/mol. The van der Waals surface area contributed by atoms with Crippen LogP contribution in [0.25, 0.3) is 16.3 Å². The molecule has 2 heterocycles. The summed E-state index contributed by atoms with van der Waals surface area (Å²) in [5, 5.41) is 14.8. The monoisotopic (exact) mass is 275 g/mol. The van der Waals surface area contributed by atoms with Crippen molar-refractivity contribution in [3.63, 3.8) is 0 Å². The SMILES string of the molecule is COc1ccccc1-c1nc2scc(C(=O)O)n2n1. The summed E-state index contributed by atoms with van der Waals surface area (Å²) < 4.78 is 6.58. The van der Waals surface area contributed by atoms with E-state index in [9.17, 15) is 4.79 Å². The van der Waals surface area contributed by atoms with E-state index in [-0.39, 0.29) is 5.69 Å². The molecule has 7 heteroatoms. The van der Waals surface area contributed by atoms with E-state index in [0.29, 0.717) is 16.5 Å². The zero-order valence-corrected chi connectivity index (χ0v) is 10.7. The van der Waals surface area contributed by atoms with Crippen molar-refractivity contribution >= 4 is 22.3 Å². The highest BCUT2D eigenvalue weighted by Crippen LogP contribution is 2.28. The molecule has 19 heavy (non-hydrogen) atoms. The number of hydrogen-bond acceptors (Lipinski definition) is 5. The highest BCUT2D eigenvalue weighted by molar-refractivity contribution is 7.15. The molecule has 0 spiro atoms. The number of para-hydroxylation sites is 1.